The van der Waals surface area contributed by atoms with Gasteiger partial charge in [-0.15, -0.1) is 0 Å². The van der Waals surface area contributed by atoms with Crippen molar-refractivity contribution in [2.24, 2.45) is 0 Å². The van der Waals surface area contributed by atoms with Crippen LogP contribution in [0.25, 0.3) is 10.9 Å². The molecule has 0 unspecified atom stereocenters. The molecule has 5 heteroatoms. The topological polar surface area (TPSA) is 64.3 Å². The number of fused-ring (bicyclic) bond motifs is 1. The van der Waals surface area contributed by atoms with Crippen molar-refractivity contribution < 1.29 is 14.6 Å². The summed E-state index contributed by atoms with van der Waals surface area (Å²) >= 11 is 0. The predicted molar refractivity (Wildman–Crippen MR) is 78.8 cm³/mol. The van der Waals surface area contributed by atoms with E-state index in [2.05, 4.69) is 4.98 Å². The molecule has 1 N–H and O–H groups in total. The number of carbonyl (C=O) groups is 1. The highest BCUT2D eigenvalue weighted by Crippen LogP contribution is 2.21. The molecule has 2 heterocycles. The normalized spacial score (nSPS) is 10.7. The molecular weight excluding hydrogens is 268 g/mol. The number of carboxylic acid groups (broad SMARTS) is 1. The summed E-state index contributed by atoms with van der Waals surface area (Å²) in [6, 6.07) is 12.9. The average Bonchev–Trinajstić information content (AvgIpc) is 2.87. The van der Waals surface area contributed by atoms with Gasteiger partial charge in [0.1, 0.15) is 11.4 Å². The van der Waals surface area contributed by atoms with Crippen LogP contribution in [0.2, 0.25) is 0 Å². The van der Waals surface area contributed by atoms with E-state index in [0.717, 1.165) is 16.6 Å². The van der Waals surface area contributed by atoms with E-state index in [1.54, 1.807) is 23.9 Å². The Labute approximate surface area is 121 Å². The maximum absolute atomic E-state index is 11.4. The van der Waals surface area contributed by atoms with Crippen molar-refractivity contribution in [2.45, 2.75) is 6.54 Å². The van der Waals surface area contributed by atoms with E-state index in [1.807, 2.05) is 36.4 Å². The minimum absolute atomic E-state index is 0.258. The number of pyridine rings is 1. The van der Waals surface area contributed by atoms with Crippen LogP contribution >= 0.6 is 0 Å². The maximum Gasteiger partial charge on any atom is 0.352 e. The summed E-state index contributed by atoms with van der Waals surface area (Å²) in [7, 11) is 1.58. The Morgan fingerprint density at radius 3 is 2.76 bits per heavy atom. The molecule has 5 nitrogen and oxygen atoms in total. The van der Waals surface area contributed by atoms with Crippen LogP contribution in [0.1, 0.15) is 16.2 Å². The van der Waals surface area contributed by atoms with E-state index in [9.17, 15) is 9.90 Å². The van der Waals surface area contributed by atoms with E-state index in [0.29, 0.717) is 12.3 Å². The minimum Gasteiger partial charge on any atom is -0.495 e. The molecule has 106 valence electrons. The van der Waals surface area contributed by atoms with Gasteiger partial charge in [0.15, 0.2) is 0 Å². The smallest absolute Gasteiger partial charge is 0.352 e. The Morgan fingerprint density at radius 2 is 2.10 bits per heavy atom. The summed E-state index contributed by atoms with van der Waals surface area (Å²) in [5, 5.41) is 10.3. The average molecular weight is 282 g/mol. The molecule has 2 aromatic heterocycles. The number of aromatic carboxylic acids is 1. The third kappa shape index (κ3) is 2.45. The zero-order valence-corrected chi connectivity index (χ0v) is 11.5. The van der Waals surface area contributed by atoms with Crippen LogP contribution in [0.3, 0.4) is 0 Å². The molecule has 0 atom stereocenters. The van der Waals surface area contributed by atoms with Crippen LogP contribution < -0.4 is 4.74 Å². The summed E-state index contributed by atoms with van der Waals surface area (Å²) in [5.74, 6) is -0.269. The highest BCUT2D eigenvalue weighted by Gasteiger charge is 2.14. The van der Waals surface area contributed by atoms with Gasteiger partial charge in [0.05, 0.1) is 25.5 Å². The van der Waals surface area contributed by atoms with Gasteiger partial charge in [0.25, 0.3) is 0 Å². The van der Waals surface area contributed by atoms with E-state index in [-0.39, 0.29) is 5.69 Å². The van der Waals surface area contributed by atoms with Gasteiger partial charge >= 0.3 is 5.97 Å². The molecule has 3 aromatic rings. The number of rotatable bonds is 4. The lowest BCUT2D eigenvalue weighted by atomic mass is 10.2. The van der Waals surface area contributed by atoms with Gasteiger partial charge in [-0.3, -0.25) is 4.98 Å². The predicted octanol–water partition coefficient (Wildman–Crippen LogP) is 2.79. The molecule has 1 aromatic carbocycles. The number of carboxylic acids is 1. The van der Waals surface area contributed by atoms with Gasteiger partial charge < -0.3 is 14.4 Å². The van der Waals surface area contributed by atoms with Crippen molar-refractivity contribution in [3.8, 4) is 5.75 Å². The van der Waals surface area contributed by atoms with Crippen LogP contribution in [0, 0.1) is 0 Å². The third-order valence-electron chi connectivity index (χ3n) is 3.38. The van der Waals surface area contributed by atoms with Crippen LogP contribution in [0.15, 0.2) is 48.7 Å². The minimum atomic E-state index is -0.945. The Morgan fingerprint density at radius 1 is 1.29 bits per heavy atom. The number of para-hydroxylation sites is 1. The molecular formula is C16H14N2O3. The van der Waals surface area contributed by atoms with Crippen molar-refractivity contribution >= 4 is 16.9 Å². The molecule has 3 rings (SSSR count). The van der Waals surface area contributed by atoms with Gasteiger partial charge in [-0.1, -0.05) is 18.2 Å². The molecule has 0 bridgehead atoms. The number of hydrogen-bond acceptors (Lipinski definition) is 3. The molecule has 0 fully saturated rings. The maximum atomic E-state index is 11.4. The Hall–Kier alpha value is -2.82. The summed E-state index contributed by atoms with van der Waals surface area (Å²) in [4.78, 5) is 15.7. The van der Waals surface area contributed by atoms with Gasteiger partial charge in [0, 0.05) is 10.9 Å². The highest BCUT2D eigenvalue weighted by molar-refractivity contribution is 5.94. The number of benzene rings is 1. The van der Waals surface area contributed by atoms with Crippen molar-refractivity contribution in [2.75, 3.05) is 7.11 Å². The first-order valence-electron chi connectivity index (χ1n) is 6.49. The zero-order chi connectivity index (χ0) is 14.8. The van der Waals surface area contributed by atoms with E-state index < -0.39 is 5.97 Å². The molecule has 0 spiro atoms. The lowest BCUT2D eigenvalue weighted by Crippen LogP contribution is -2.10. The highest BCUT2D eigenvalue weighted by atomic mass is 16.5. The summed E-state index contributed by atoms with van der Waals surface area (Å²) in [6.07, 6.45) is 1.63. The molecule has 0 aliphatic rings. The second kappa shape index (κ2) is 5.28. The molecule has 0 radical (unpaired) electrons. The van der Waals surface area contributed by atoms with Gasteiger partial charge in [-0.2, -0.15) is 0 Å². The SMILES string of the molecule is COc1ccc(Cn2c(C(=O)O)cc3ccccc32)nc1. The number of methoxy groups -OCH3 is 1. The summed E-state index contributed by atoms with van der Waals surface area (Å²) in [6.45, 7) is 0.402. The van der Waals surface area contributed by atoms with Crippen molar-refractivity contribution in [3.63, 3.8) is 0 Å². The van der Waals surface area contributed by atoms with Crippen LogP contribution in [0.5, 0.6) is 5.75 Å². The van der Waals surface area contributed by atoms with Crippen molar-refractivity contribution in [1.29, 1.82) is 0 Å². The van der Waals surface area contributed by atoms with E-state index >= 15 is 0 Å². The number of ether oxygens (including phenoxy) is 1. The quantitative estimate of drug-likeness (QED) is 0.799. The van der Waals surface area contributed by atoms with Crippen molar-refractivity contribution in [1.82, 2.24) is 9.55 Å². The third-order valence-corrected chi connectivity index (χ3v) is 3.38. The molecule has 0 saturated heterocycles. The van der Waals surface area contributed by atoms with Gasteiger partial charge in [-0.05, 0) is 24.3 Å². The summed E-state index contributed by atoms with van der Waals surface area (Å²) < 4.78 is 6.83. The van der Waals surface area contributed by atoms with Crippen LogP contribution in [-0.4, -0.2) is 27.7 Å². The largest absolute Gasteiger partial charge is 0.495 e. The van der Waals surface area contributed by atoms with Crippen molar-refractivity contribution in [3.05, 3.63) is 60.0 Å². The fourth-order valence-corrected chi connectivity index (χ4v) is 2.35. The van der Waals surface area contributed by atoms with Crippen LogP contribution in [0.4, 0.5) is 0 Å². The number of hydrogen-bond donors (Lipinski definition) is 1. The standard InChI is InChI=1S/C16H14N2O3/c1-21-13-7-6-12(17-9-13)10-18-14-5-3-2-4-11(14)8-15(18)16(19)20/h2-9H,10H2,1H3,(H,19,20). The molecule has 21 heavy (non-hydrogen) atoms. The first kappa shape index (κ1) is 13.2. The molecule has 0 aliphatic heterocycles. The lowest BCUT2D eigenvalue weighted by Gasteiger charge is -2.08. The second-order valence-electron chi connectivity index (χ2n) is 4.67. The Bertz CT molecular complexity index is 791. The van der Waals surface area contributed by atoms with Gasteiger partial charge in [0.2, 0.25) is 0 Å². The Balaban J connectivity index is 2.05. The molecule has 0 saturated carbocycles. The number of nitrogens with zero attached hydrogens (tertiary/aromatic N) is 2. The Kier molecular flexibility index (Phi) is 3.31. The first-order chi connectivity index (χ1) is 10.2. The lowest BCUT2D eigenvalue weighted by molar-refractivity contribution is 0.0686. The molecule has 0 amide bonds. The fourth-order valence-electron chi connectivity index (χ4n) is 2.35. The first-order valence-corrected chi connectivity index (χ1v) is 6.49. The van der Waals surface area contributed by atoms with Gasteiger partial charge in [-0.25, -0.2) is 4.79 Å². The second-order valence-corrected chi connectivity index (χ2v) is 4.67. The van der Waals surface area contributed by atoms with E-state index in [4.69, 9.17) is 4.74 Å². The van der Waals surface area contributed by atoms with E-state index in [1.165, 1.54) is 0 Å². The monoisotopic (exact) mass is 282 g/mol. The van der Waals surface area contributed by atoms with Crippen LogP contribution in [-0.2, 0) is 6.54 Å². The summed E-state index contributed by atoms with van der Waals surface area (Å²) in [5.41, 5.74) is 1.92. The molecule has 0 aliphatic carbocycles. The fraction of sp³-hybridized carbons (Fsp3) is 0.125. The number of aromatic nitrogens is 2. The zero-order valence-electron chi connectivity index (χ0n) is 11.5.